The first-order valence-corrected chi connectivity index (χ1v) is 6.67. The number of nitrogens with zero attached hydrogens (tertiary/aromatic N) is 1. The highest BCUT2D eigenvalue weighted by atomic mass is 19.1. The minimum atomic E-state index is -0.205. The van der Waals surface area contributed by atoms with Crippen LogP contribution in [0.2, 0.25) is 0 Å². The molecule has 1 unspecified atom stereocenters. The van der Waals surface area contributed by atoms with Gasteiger partial charge in [-0.25, -0.2) is 4.39 Å². The van der Waals surface area contributed by atoms with Gasteiger partial charge in [0.25, 0.3) is 0 Å². The van der Waals surface area contributed by atoms with Crippen molar-refractivity contribution >= 4 is 0 Å². The molecule has 2 rings (SSSR count). The van der Waals surface area contributed by atoms with Crippen molar-refractivity contribution in [1.29, 1.82) is 5.26 Å². The van der Waals surface area contributed by atoms with Gasteiger partial charge in [0.05, 0.1) is 11.6 Å². The summed E-state index contributed by atoms with van der Waals surface area (Å²) in [7, 11) is 0. The first-order valence-electron chi connectivity index (χ1n) is 6.67. The molecule has 0 aliphatic rings. The lowest BCUT2D eigenvalue weighted by atomic mass is 10.1. The highest BCUT2D eigenvalue weighted by Gasteiger charge is 2.05. The van der Waals surface area contributed by atoms with Gasteiger partial charge in [-0.1, -0.05) is 24.3 Å². The summed E-state index contributed by atoms with van der Waals surface area (Å²) in [5.41, 5.74) is 2.88. The van der Waals surface area contributed by atoms with Crippen molar-refractivity contribution in [2.24, 2.45) is 0 Å². The maximum atomic E-state index is 12.8. The van der Waals surface area contributed by atoms with E-state index in [-0.39, 0.29) is 11.9 Å². The van der Waals surface area contributed by atoms with Crippen LogP contribution in [0.1, 0.15) is 29.7 Å². The van der Waals surface area contributed by atoms with E-state index in [0.717, 1.165) is 24.1 Å². The Morgan fingerprint density at radius 3 is 2.65 bits per heavy atom. The summed E-state index contributed by atoms with van der Waals surface area (Å²) in [6, 6.07) is 16.5. The number of halogens is 1. The Hall–Kier alpha value is -2.18. The average Bonchev–Trinajstić information content (AvgIpc) is 2.49. The molecule has 2 aromatic carbocycles. The van der Waals surface area contributed by atoms with E-state index in [4.69, 9.17) is 5.26 Å². The SMILES string of the molecule is CC(NCCc1ccc(F)cc1)c1cccc(C#N)c1. The number of rotatable bonds is 5. The molecule has 1 N–H and O–H groups in total. The minimum Gasteiger partial charge on any atom is -0.310 e. The fourth-order valence-corrected chi connectivity index (χ4v) is 2.08. The molecule has 1 atom stereocenters. The molecule has 20 heavy (non-hydrogen) atoms. The Bertz CT molecular complexity index is 599. The fraction of sp³-hybridized carbons (Fsp3) is 0.235. The monoisotopic (exact) mass is 268 g/mol. The van der Waals surface area contributed by atoms with E-state index in [2.05, 4.69) is 18.3 Å². The van der Waals surface area contributed by atoms with E-state index in [1.807, 2.05) is 18.2 Å². The van der Waals surface area contributed by atoms with E-state index in [0.29, 0.717) is 5.56 Å². The summed E-state index contributed by atoms with van der Waals surface area (Å²) in [6.45, 7) is 2.88. The van der Waals surface area contributed by atoms with Crippen LogP contribution in [0, 0.1) is 17.1 Å². The molecule has 0 saturated heterocycles. The van der Waals surface area contributed by atoms with Crippen LogP contribution in [0.25, 0.3) is 0 Å². The fourth-order valence-electron chi connectivity index (χ4n) is 2.08. The second-order valence-electron chi connectivity index (χ2n) is 4.79. The Labute approximate surface area is 118 Å². The molecule has 2 aromatic rings. The van der Waals surface area contributed by atoms with Crippen molar-refractivity contribution in [2.45, 2.75) is 19.4 Å². The lowest BCUT2D eigenvalue weighted by molar-refractivity contribution is 0.576. The first-order chi connectivity index (χ1) is 9.69. The van der Waals surface area contributed by atoms with Crippen LogP contribution in [-0.4, -0.2) is 6.54 Å². The predicted molar refractivity (Wildman–Crippen MR) is 77.7 cm³/mol. The van der Waals surface area contributed by atoms with Gasteiger partial charge in [0.15, 0.2) is 0 Å². The lowest BCUT2D eigenvalue weighted by Crippen LogP contribution is -2.21. The summed E-state index contributed by atoms with van der Waals surface area (Å²) in [5, 5.41) is 12.3. The molecule has 0 aromatic heterocycles. The molecule has 0 spiro atoms. The largest absolute Gasteiger partial charge is 0.310 e. The average molecular weight is 268 g/mol. The third-order valence-electron chi connectivity index (χ3n) is 3.29. The summed E-state index contributed by atoms with van der Waals surface area (Å²) >= 11 is 0. The molecule has 0 radical (unpaired) electrons. The van der Waals surface area contributed by atoms with Crippen molar-refractivity contribution in [3.05, 3.63) is 71.0 Å². The maximum Gasteiger partial charge on any atom is 0.123 e. The third kappa shape index (κ3) is 3.91. The Morgan fingerprint density at radius 2 is 1.95 bits per heavy atom. The molecule has 102 valence electrons. The molecule has 0 amide bonds. The van der Waals surface area contributed by atoms with E-state index < -0.39 is 0 Å². The van der Waals surface area contributed by atoms with Crippen LogP contribution in [0.3, 0.4) is 0 Å². The molecule has 0 bridgehead atoms. The number of nitrogens with one attached hydrogen (secondary N) is 1. The second kappa shape index (κ2) is 6.83. The molecule has 0 aliphatic heterocycles. The highest BCUT2D eigenvalue weighted by Crippen LogP contribution is 2.13. The predicted octanol–water partition coefficient (Wildman–Crippen LogP) is 3.59. The molecule has 0 aliphatic carbocycles. The molecule has 2 nitrogen and oxygen atoms in total. The maximum absolute atomic E-state index is 12.8. The Morgan fingerprint density at radius 1 is 1.20 bits per heavy atom. The first kappa shape index (κ1) is 14.2. The standard InChI is InChI=1S/C17H17FN2/c1-13(16-4-2-3-15(11-16)12-19)20-10-9-14-5-7-17(18)8-6-14/h2-8,11,13,20H,9-10H2,1H3. The lowest BCUT2D eigenvalue weighted by Gasteiger charge is -2.14. The van der Waals surface area contributed by atoms with Crippen LogP contribution in [0.5, 0.6) is 0 Å². The third-order valence-corrected chi connectivity index (χ3v) is 3.29. The van der Waals surface area contributed by atoms with Crippen molar-refractivity contribution in [3.63, 3.8) is 0 Å². The molecule has 0 heterocycles. The van der Waals surface area contributed by atoms with Gasteiger partial charge in [0.1, 0.15) is 5.82 Å². The second-order valence-corrected chi connectivity index (χ2v) is 4.79. The smallest absolute Gasteiger partial charge is 0.123 e. The van der Waals surface area contributed by atoms with Gasteiger partial charge >= 0.3 is 0 Å². The van der Waals surface area contributed by atoms with Crippen molar-refractivity contribution < 1.29 is 4.39 Å². The van der Waals surface area contributed by atoms with Crippen LogP contribution in [-0.2, 0) is 6.42 Å². The van der Waals surface area contributed by atoms with Crippen LogP contribution in [0.4, 0.5) is 4.39 Å². The van der Waals surface area contributed by atoms with Crippen LogP contribution in [0.15, 0.2) is 48.5 Å². The van der Waals surface area contributed by atoms with Gasteiger partial charge in [-0.2, -0.15) is 5.26 Å². The quantitative estimate of drug-likeness (QED) is 0.899. The minimum absolute atomic E-state index is 0.184. The van der Waals surface area contributed by atoms with E-state index >= 15 is 0 Å². The summed E-state index contributed by atoms with van der Waals surface area (Å²) < 4.78 is 12.8. The summed E-state index contributed by atoms with van der Waals surface area (Å²) in [5.74, 6) is -0.205. The number of nitriles is 1. The molecular formula is C17H17FN2. The number of hydrogen-bond donors (Lipinski definition) is 1. The Kier molecular flexibility index (Phi) is 4.86. The highest BCUT2D eigenvalue weighted by molar-refractivity contribution is 5.34. The number of hydrogen-bond acceptors (Lipinski definition) is 2. The van der Waals surface area contributed by atoms with Gasteiger partial charge in [0, 0.05) is 6.04 Å². The number of benzene rings is 2. The molecule has 3 heteroatoms. The summed E-state index contributed by atoms with van der Waals surface area (Å²) in [6.07, 6.45) is 0.850. The van der Waals surface area contributed by atoms with Gasteiger partial charge in [-0.3, -0.25) is 0 Å². The van der Waals surface area contributed by atoms with Gasteiger partial charge < -0.3 is 5.32 Å². The molecule has 0 saturated carbocycles. The van der Waals surface area contributed by atoms with Gasteiger partial charge in [-0.15, -0.1) is 0 Å². The van der Waals surface area contributed by atoms with Crippen molar-refractivity contribution in [3.8, 4) is 6.07 Å². The van der Waals surface area contributed by atoms with Crippen molar-refractivity contribution in [1.82, 2.24) is 5.32 Å². The zero-order valence-corrected chi connectivity index (χ0v) is 11.4. The zero-order valence-electron chi connectivity index (χ0n) is 11.4. The van der Waals surface area contributed by atoms with E-state index in [1.165, 1.54) is 12.1 Å². The van der Waals surface area contributed by atoms with Crippen LogP contribution < -0.4 is 5.32 Å². The van der Waals surface area contributed by atoms with Gasteiger partial charge in [-0.05, 0) is 55.3 Å². The molecular weight excluding hydrogens is 251 g/mol. The van der Waals surface area contributed by atoms with E-state index in [9.17, 15) is 4.39 Å². The zero-order chi connectivity index (χ0) is 14.4. The van der Waals surface area contributed by atoms with Crippen molar-refractivity contribution in [2.75, 3.05) is 6.54 Å². The van der Waals surface area contributed by atoms with E-state index in [1.54, 1.807) is 18.2 Å². The Balaban J connectivity index is 1.87. The molecule has 0 fully saturated rings. The van der Waals surface area contributed by atoms with Gasteiger partial charge in [0.2, 0.25) is 0 Å². The van der Waals surface area contributed by atoms with Crippen LogP contribution >= 0.6 is 0 Å². The normalized spacial score (nSPS) is 11.8. The summed E-state index contributed by atoms with van der Waals surface area (Å²) in [4.78, 5) is 0. The topological polar surface area (TPSA) is 35.8 Å².